The van der Waals surface area contributed by atoms with Crippen molar-refractivity contribution in [2.24, 2.45) is 5.92 Å². The first-order valence-corrected chi connectivity index (χ1v) is 2.57. The topological polar surface area (TPSA) is 26.3 Å². The van der Waals surface area contributed by atoms with E-state index in [-0.39, 0.29) is 5.92 Å². The number of allylic oxidation sites excluding steroid dienone is 1. The van der Waals surface area contributed by atoms with E-state index in [2.05, 4.69) is 6.58 Å². The fraction of sp³-hybridized carbons (Fsp3) is 0.143. The maximum atomic E-state index is 9.80. The molecule has 0 bridgehead atoms. The Morgan fingerprint density at radius 2 is 2.67 bits per heavy atom. The van der Waals surface area contributed by atoms with Crippen molar-refractivity contribution in [1.82, 2.24) is 0 Å². The molecule has 2 heteroatoms. The van der Waals surface area contributed by atoms with Gasteiger partial charge in [-0.2, -0.15) is 0 Å². The van der Waals surface area contributed by atoms with Gasteiger partial charge in [-0.1, -0.05) is 6.58 Å². The van der Waals surface area contributed by atoms with E-state index in [0.717, 1.165) is 0 Å². The molecule has 0 saturated heterocycles. The minimum atomic E-state index is -0.0671. The third-order valence-corrected chi connectivity index (χ3v) is 1.12. The van der Waals surface area contributed by atoms with Gasteiger partial charge in [0.05, 0.1) is 12.2 Å². The summed E-state index contributed by atoms with van der Waals surface area (Å²) in [6.07, 6.45) is 4.62. The maximum absolute atomic E-state index is 9.80. The van der Waals surface area contributed by atoms with E-state index in [4.69, 9.17) is 4.74 Å². The van der Waals surface area contributed by atoms with Crippen molar-refractivity contribution in [3.63, 3.8) is 0 Å². The SMILES string of the molecule is C=C1OC=CC1C=C=O. The highest BCUT2D eigenvalue weighted by Gasteiger charge is 2.11. The molecule has 1 rings (SSSR count). The highest BCUT2D eigenvalue weighted by Crippen LogP contribution is 2.19. The van der Waals surface area contributed by atoms with Crippen LogP contribution in [0.3, 0.4) is 0 Å². The van der Waals surface area contributed by atoms with Gasteiger partial charge in [0.2, 0.25) is 0 Å². The predicted molar refractivity (Wildman–Crippen MR) is 33.1 cm³/mol. The normalized spacial score (nSPS) is 23.1. The molecule has 0 spiro atoms. The lowest BCUT2D eigenvalue weighted by molar-refractivity contribution is 0.356. The Bertz CT molecular complexity index is 197. The fourth-order valence-corrected chi connectivity index (χ4v) is 0.619. The van der Waals surface area contributed by atoms with E-state index in [0.29, 0.717) is 5.76 Å². The molecule has 0 aliphatic carbocycles. The van der Waals surface area contributed by atoms with E-state index >= 15 is 0 Å². The van der Waals surface area contributed by atoms with E-state index < -0.39 is 0 Å². The van der Waals surface area contributed by atoms with E-state index in [1.807, 2.05) is 0 Å². The average molecular weight is 122 g/mol. The first-order chi connectivity index (χ1) is 4.34. The van der Waals surface area contributed by atoms with Gasteiger partial charge in [0.1, 0.15) is 11.7 Å². The average Bonchev–Trinajstić information content (AvgIpc) is 2.18. The van der Waals surface area contributed by atoms with Gasteiger partial charge < -0.3 is 4.74 Å². The van der Waals surface area contributed by atoms with Crippen molar-refractivity contribution in [2.45, 2.75) is 0 Å². The number of hydrogen-bond acceptors (Lipinski definition) is 2. The molecular formula is C7H6O2. The smallest absolute Gasteiger partial charge is 0.121 e. The van der Waals surface area contributed by atoms with Gasteiger partial charge in [-0.15, -0.1) is 0 Å². The Kier molecular flexibility index (Phi) is 1.52. The Balaban J connectivity index is 2.70. The lowest BCUT2D eigenvalue weighted by Gasteiger charge is -1.97. The highest BCUT2D eigenvalue weighted by atomic mass is 16.5. The first kappa shape index (κ1) is 5.86. The van der Waals surface area contributed by atoms with Gasteiger partial charge in [-0.05, 0) is 6.08 Å². The molecule has 1 aliphatic rings. The summed E-state index contributed by atoms with van der Waals surface area (Å²) in [5.74, 6) is 2.19. The molecule has 0 radical (unpaired) electrons. The molecule has 1 heterocycles. The number of rotatable bonds is 1. The zero-order valence-corrected chi connectivity index (χ0v) is 4.83. The fourth-order valence-electron chi connectivity index (χ4n) is 0.619. The van der Waals surface area contributed by atoms with Crippen molar-refractivity contribution < 1.29 is 9.53 Å². The van der Waals surface area contributed by atoms with Crippen LogP contribution < -0.4 is 0 Å². The highest BCUT2D eigenvalue weighted by molar-refractivity contribution is 5.48. The van der Waals surface area contributed by atoms with E-state index in [9.17, 15) is 4.79 Å². The summed E-state index contributed by atoms with van der Waals surface area (Å²) >= 11 is 0. The van der Waals surface area contributed by atoms with Crippen LogP contribution in [0.2, 0.25) is 0 Å². The molecule has 0 aromatic carbocycles. The molecule has 0 fully saturated rings. The quantitative estimate of drug-likeness (QED) is 0.486. The predicted octanol–water partition coefficient (Wildman–Crippen LogP) is 1.05. The maximum Gasteiger partial charge on any atom is 0.121 e. The minimum absolute atomic E-state index is 0.0671. The third-order valence-electron chi connectivity index (χ3n) is 1.12. The van der Waals surface area contributed by atoms with Crippen LogP contribution in [0.4, 0.5) is 0 Å². The third kappa shape index (κ3) is 1.09. The lowest BCUT2D eigenvalue weighted by Crippen LogP contribution is -1.89. The second kappa shape index (κ2) is 2.33. The summed E-state index contributed by atoms with van der Waals surface area (Å²) in [4.78, 5) is 9.80. The molecule has 0 N–H and O–H groups in total. The number of hydrogen-bond donors (Lipinski definition) is 0. The molecule has 2 nitrogen and oxygen atoms in total. The van der Waals surface area contributed by atoms with Crippen molar-refractivity contribution in [2.75, 3.05) is 0 Å². The lowest BCUT2D eigenvalue weighted by atomic mass is 10.1. The van der Waals surface area contributed by atoms with Crippen molar-refractivity contribution in [3.05, 3.63) is 30.8 Å². The van der Waals surface area contributed by atoms with Gasteiger partial charge in [0.15, 0.2) is 0 Å². The van der Waals surface area contributed by atoms with Crippen LogP contribution in [0, 0.1) is 5.92 Å². The minimum Gasteiger partial charge on any atom is -0.469 e. The molecule has 0 aromatic rings. The summed E-state index contributed by atoms with van der Waals surface area (Å²) in [6.45, 7) is 3.56. The number of ether oxygens (including phenoxy) is 1. The molecule has 1 unspecified atom stereocenters. The molecular weight excluding hydrogens is 116 g/mol. The second-order valence-electron chi connectivity index (χ2n) is 1.72. The van der Waals surface area contributed by atoms with Crippen LogP contribution in [0.5, 0.6) is 0 Å². The zero-order chi connectivity index (χ0) is 6.69. The standard InChI is InChI=1S/C7H6O2/c1-6-7(2-4-8)3-5-9-6/h2-3,5,7H,1H2. The Labute approximate surface area is 53.1 Å². The van der Waals surface area contributed by atoms with Gasteiger partial charge in [0.25, 0.3) is 0 Å². The van der Waals surface area contributed by atoms with Gasteiger partial charge in [-0.25, -0.2) is 4.79 Å². The number of carbonyl (C=O) groups excluding carboxylic acids is 1. The monoisotopic (exact) mass is 122 g/mol. The van der Waals surface area contributed by atoms with Gasteiger partial charge in [0, 0.05) is 6.08 Å². The molecule has 9 heavy (non-hydrogen) atoms. The van der Waals surface area contributed by atoms with Crippen LogP contribution in [0.15, 0.2) is 30.8 Å². The summed E-state index contributed by atoms with van der Waals surface area (Å²) in [7, 11) is 0. The first-order valence-electron chi connectivity index (χ1n) is 2.57. The molecule has 0 aromatic heterocycles. The van der Waals surface area contributed by atoms with Crippen LogP contribution in [0.1, 0.15) is 0 Å². The Morgan fingerprint density at radius 1 is 1.89 bits per heavy atom. The largest absolute Gasteiger partial charge is 0.469 e. The Morgan fingerprint density at radius 3 is 3.11 bits per heavy atom. The van der Waals surface area contributed by atoms with Crippen LogP contribution in [-0.2, 0) is 9.53 Å². The summed E-state index contributed by atoms with van der Waals surface area (Å²) < 4.78 is 4.83. The van der Waals surface area contributed by atoms with Gasteiger partial charge >= 0.3 is 0 Å². The van der Waals surface area contributed by atoms with Gasteiger partial charge in [-0.3, -0.25) is 0 Å². The molecule has 46 valence electrons. The second-order valence-corrected chi connectivity index (χ2v) is 1.72. The van der Waals surface area contributed by atoms with Crippen LogP contribution in [-0.4, -0.2) is 5.94 Å². The molecule has 0 amide bonds. The summed E-state index contributed by atoms with van der Waals surface area (Å²) in [6, 6.07) is 0. The Hall–Kier alpha value is -1.27. The van der Waals surface area contributed by atoms with Crippen LogP contribution >= 0.6 is 0 Å². The van der Waals surface area contributed by atoms with Crippen molar-refractivity contribution >= 4 is 5.94 Å². The summed E-state index contributed by atoms with van der Waals surface area (Å²) in [5.41, 5.74) is 0. The summed E-state index contributed by atoms with van der Waals surface area (Å²) in [5, 5.41) is 0. The molecule has 0 saturated carbocycles. The molecule has 1 atom stereocenters. The van der Waals surface area contributed by atoms with E-state index in [1.165, 1.54) is 12.3 Å². The van der Waals surface area contributed by atoms with Crippen molar-refractivity contribution in [1.29, 1.82) is 0 Å². The zero-order valence-electron chi connectivity index (χ0n) is 4.83. The molecule has 1 aliphatic heterocycles. The van der Waals surface area contributed by atoms with E-state index in [1.54, 1.807) is 12.0 Å². The van der Waals surface area contributed by atoms with Crippen molar-refractivity contribution in [3.8, 4) is 0 Å². The van der Waals surface area contributed by atoms with Crippen LogP contribution in [0.25, 0.3) is 0 Å².